The maximum Gasteiger partial charge on any atom is 0.322 e. The Labute approximate surface area is 224 Å². The summed E-state index contributed by atoms with van der Waals surface area (Å²) >= 11 is 12.1. The van der Waals surface area contributed by atoms with Crippen LogP contribution in [-0.2, 0) is 12.0 Å². The van der Waals surface area contributed by atoms with E-state index >= 15 is 0 Å². The van der Waals surface area contributed by atoms with Gasteiger partial charge in [-0.1, -0.05) is 47.5 Å². The highest BCUT2D eigenvalue weighted by Crippen LogP contribution is 2.48. The third-order valence-corrected chi connectivity index (χ3v) is 7.74. The van der Waals surface area contributed by atoms with Gasteiger partial charge in [0.15, 0.2) is 0 Å². The number of carbonyl (C=O) groups excluding carboxylic acids is 1. The van der Waals surface area contributed by atoms with Gasteiger partial charge >= 0.3 is 6.03 Å². The van der Waals surface area contributed by atoms with Gasteiger partial charge in [0.2, 0.25) is 5.95 Å². The van der Waals surface area contributed by atoms with Crippen molar-refractivity contribution in [3.63, 3.8) is 0 Å². The lowest BCUT2D eigenvalue weighted by molar-refractivity contribution is 0.180. The van der Waals surface area contributed by atoms with Gasteiger partial charge in [-0.25, -0.2) is 14.2 Å². The summed E-state index contributed by atoms with van der Waals surface area (Å²) in [6.07, 6.45) is 7.14. The number of fused-ring (bicyclic) bond motifs is 2. The van der Waals surface area contributed by atoms with Crippen LogP contribution in [0.25, 0.3) is 6.08 Å². The van der Waals surface area contributed by atoms with Crippen molar-refractivity contribution in [1.82, 2.24) is 15.2 Å². The summed E-state index contributed by atoms with van der Waals surface area (Å²) in [4.78, 5) is 20.7. The number of nitrogens with zero attached hydrogens (tertiary/aromatic N) is 3. The number of amides is 2. The van der Waals surface area contributed by atoms with Crippen LogP contribution < -0.4 is 10.2 Å². The molecule has 5 nitrogen and oxygen atoms in total. The molecule has 5 rings (SSSR count). The van der Waals surface area contributed by atoms with Crippen molar-refractivity contribution < 1.29 is 13.6 Å². The largest absolute Gasteiger partial charge is 0.334 e. The first-order chi connectivity index (χ1) is 17.8. The van der Waals surface area contributed by atoms with Crippen LogP contribution in [0.5, 0.6) is 0 Å². The van der Waals surface area contributed by atoms with Crippen LogP contribution in [0.3, 0.4) is 0 Å². The number of benzene rings is 2. The van der Waals surface area contributed by atoms with E-state index in [9.17, 15) is 13.6 Å². The van der Waals surface area contributed by atoms with Crippen LogP contribution in [-0.4, -0.2) is 42.1 Å². The number of rotatable bonds is 5. The highest BCUT2D eigenvalue weighted by atomic mass is 35.5. The van der Waals surface area contributed by atoms with Gasteiger partial charge < -0.3 is 5.32 Å². The molecule has 2 aliphatic heterocycles. The zero-order valence-corrected chi connectivity index (χ0v) is 21.6. The molecule has 1 fully saturated rings. The van der Waals surface area contributed by atoms with Gasteiger partial charge in [-0.15, -0.1) is 0 Å². The maximum absolute atomic E-state index is 14.6. The molecule has 0 saturated carbocycles. The van der Waals surface area contributed by atoms with E-state index < -0.39 is 11.8 Å². The van der Waals surface area contributed by atoms with Gasteiger partial charge in [-0.2, -0.15) is 4.39 Å². The van der Waals surface area contributed by atoms with Crippen LogP contribution >= 0.6 is 23.2 Å². The number of urea groups is 1. The van der Waals surface area contributed by atoms with Gasteiger partial charge in [0.25, 0.3) is 0 Å². The number of piperidine rings is 1. The van der Waals surface area contributed by atoms with E-state index in [1.165, 1.54) is 24.4 Å². The second kappa shape index (κ2) is 10.8. The smallest absolute Gasteiger partial charge is 0.322 e. The van der Waals surface area contributed by atoms with Gasteiger partial charge in [0.05, 0.1) is 10.7 Å². The zero-order valence-electron chi connectivity index (χ0n) is 20.1. The van der Waals surface area contributed by atoms with Crippen molar-refractivity contribution in [3.05, 3.63) is 99.3 Å². The summed E-state index contributed by atoms with van der Waals surface area (Å²) in [5, 5.41) is 3.54. The molecule has 9 heteroatoms. The first-order valence-electron chi connectivity index (χ1n) is 12.1. The summed E-state index contributed by atoms with van der Waals surface area (Å²) in [7, 11) is 0. The molecule has 0 radical (unpaired) electrons. The minimum atomic E-state index is -0.603. The minimum Gasteiger partial charge on any atom is -0.334 e. The highest BCUT2D eigenvalue weighted by Gasteiger charge is 2.46. The lowest BCUT2D eigenvalue weighted by atomic mass is 9.74. The number of aromatic nitrogens is 1. The zero-order chi connectivity index (χ0) is 26.0. The fourth-order valence-electron chi connectivity index (χ4n) is 5.17. The second-order valence-electron chi connectivity index (χ2n) is 9.55. The van der Waals surface area contributed by atoms with Crippen LogP contribution in [0.4, 0.5) is 19.3 Å². The molecule has 1 aromatic heterocycles. The molecule has 3 aromatic rings. The van der Waals surface area contributed by atoms with E-state index in [1.807, 2.05) is 24.3 Å². The van der Waals surface area contributed by atoms with E-state index in [-0.39, 0.29) is 23.0 Å². The van der Waals surface area contributed by atoms with E-state index in [4.69, 9.17) is 23.2 Å². The fourth-order valence-corrected chi connectivity index (χ4v) is 5.45. The average Bonchev–Trinajstić information content (AvgIpc) is 3.18. The number of hydrogen-bond donors (Lipinski definition) is 1. The molecule has 3 heterocycles. The van der Waals surface area contributed by atoms with Crippen molar-refractivity contribution in [2.45, 2.75) is 24.8 Å². The molecule has 1 saturated heterocycles. The Morgan fingerprint density at radius 2 is 1.84 bits per heavy atom. The number of hydrogen-bond acceptors (Lipinski definition) is 3. The van der Waals surface area contributed by atoms with E-state index in [2.05, 4.69) is 27.4 Å². The summed E-state index contributed by atoms with van der Waals surface area (Å²) in [6.45, 7) is 3.03. The highest BCUT2D eigenvalue weighted by molar-refractivity contribution is 6.31. The monoisotopic (exact) mass is 542 g/mol. The minimum absolute atomic E-state index is 0.0189. The Kier molecular flexibility index (Phi) is 7.47. The molecule has 2 aromatic carbocycles. The van der Waals surface area contributed by atoms with Crippen LogP contribution in [0.15, 0.2) is 60.8 Å². The Morgan fingerprint density at radius 1 is 1.08 bits per heavy atom. The predicted molar refractivity (Wildman–Crippen MR) is 143 cm³/mol. The molecule has 0 aliphatic carbocycles. The summed E-state index contributed by atoms with van der Waals surface area (Å²) in [5.74, 6) is -1.09. The molecule has 2 aliphatic rings. The average molecular weight is 543 g/mol. The molecule has 0 unspecified atom stereocenters. The van der Waals surface area contributed by atoms with Gasteiger partial charge in [0, 0.05) is 36.3 Å². The SMILES string of the molecule is O=C(NCc1ccnc(F)c1)N1CC2(CCN(C/C=C/c3ccc(Cl)cc3)CC2)c2cc(F)c(Cl)cc21. The summed E-state index contributed by atoms with van der Waals surface area (Å²) in [6, 6.07) is 13.3. The number of halogens is 4. The molecular formula is C28H26Cl2F2N4O. The Hall–Kier alpha value is -3.00. The Balaban J connectivity index is 1.27. The number of likely N-dealkylation sites (tertiary alicyclic amines) is 1. The normalized spacial score (nSPS) is 16.9. The predicted octanol–water partition coefficient (Wildman–Crippen LogP) is 6.44. The molecule has 37 heavy (non-hydrogen) atoms. The van der Waals surface area contributed by atoms with Crippen LogP contribution in [0, 0.1) is 11.8 Å². The number of anilines is 1. The number of carbonyl (C=O) groups is 1. The number of pyridine rings is 1. The van der Waals surface area contributed by atoms with Crippen LogP contribution in [0.1, 0.15) is 29.5 Å². The molecule has 1 spiro atoms. The number of nitrogens with one attached hydrogen (secondary N) is 1. The molecule has 1 N–H and O–H groups in total. The van der Waals surface area contributed by atoms with Crippen molar-refractivity contribution in [2.75, 3.05) is 31.1 Å². The molecule has 2 amide bonds. The third-order valence-electron chi connectivity index (χ3n) is 7.20. The van der Waals surface area contributed by atoms with Gasteiger partial charge in [-0.05, 0) is 79.0 Å². The molecule has 0 atom stereocenters. The summed E-state index contributed by atoms with van der Waals surface area (Å²) < 4.78 is 28.0. The quantitative estimate of drug-likeness (QED) is 0.377. The van der Waals surface area contributed by atoms with E-state index in [0.29, 0.717) is 22.8 Å². The Morgan fingerprint density at radius 3 is 2.57 bits per heavy atom. The van der Waals surface area contributed by atoms with Crippen molar-refractivity contribution in [1.29, 1.82) is 0 Å². The second-order valence-corrected chi connectivity index (χ2v) is 10.4. The molecular weight excluding hydrogens is 517 g/mol. The first-order valence-corrected chi connectivity index (χ1v) is 12.9. The maximum atomic E-state index is 14.6. The summed E-state index contributed by atoms with van der Waals surface area (Å²) in [5.41, 5.74) is 2.78. The van der Waals surface area contributed by atoms with E-state index in [1.54, 1.807) is 11.0 Å². The van der Waals surface area contributed by atoms with Gasteiger partial charge in [-0.3, -0.25) is 9.80 Å². The van der Waals surface area contributed by atoms with Gasteiger partial charge in [0.1, 0.15) is 5.82 Å². The van der Waals surface area contributed by atoms with Crippen molar-refractivity contribution >= 4 is 41.0 Å². The third kappa shape index (κ3) is 5.64. The lowest BCUT2D eigenvalue weighted by Gasteiger charge is -2.39. The topological polar surface area (TPSA) is 48.5 Å². The Bertz CT molecular complexity index is 1320. The first kappa shape index (κ1) is 25.6. The van der Waals surface area contributed by atoms with Crippen molar-refractivity contribution in [2.24, 2.45) is 0 Å². The standard InChI is InChI=1S/C28H26Cl2F2N4O/c29-21-5-3-19(4-6-21)2-1-11-35-12-8-28(9-13-35)18-36(25-16-23(30)24(31)15-22(25)28)27(37)34-17-20-7-10-33-26(32)14-20/h1-7,10,14-16H,8-9,11-13,17-18H2,(H,34,37)/b2-1+. The fraction of sp³-hybridized carbons (Fsp3) is 0.286. The van der Waals surface area contributed by atoms with Crippen LogP contribution in [0.2, 0.25) is 10.0 Å². The van der Waals surface area contributed by atoms with E-state index in [0.717, 1.165) is 43.6 Å². The molecule has 192 valence electrons. The molecule has 0 bridgehead atoms. The lowest BCUT2D eigenvalue weighted by Crippen LogP contribution is -2.47. The van der Waals surface area contributed by atoms with Crippen molar-refractivity contribution in [3.8, 4) is 0 Å².